The highest BCUT2D eigenvalue weighted by Gasteiger charge is 2.22. The molecule has 1 N–H and O–H groups in total. The molecule has 1 fully saturated rings. The minimum atomic E-state index is -0.0944. The molecule has 2 aliphatic rings. The molecule has 2 aromatic rings. The summed E-state index contributed by atoms with van der Waals surface area (Å²) in [5.41, 5.74) is 7.80. The van der Waals surface area contributed by atoms with Gasteiger partial charge in [0.15, 0.2) is 5.13 Å². The first kappa shape index (κ1) is 21.4. The number of hydrogen-bond donors (Lipinski definition) is 1. The number of halogens is 1. The molecule has 2 heterocycles. The molecule has 0 spiro atoms. The van der Waals surface area contributed by atoms with Gasteiger partial charge in [0.05, 0.1) is 6.54 Å². The molecule has 0 unspecified atom stereocenters. The molecule has 0 atom stereocenters. The van der Waals surface area contributed by atoms with Gasteiger partial charge >= 0.3 is 0 Å². The monoisotopic (exact) mass is 426 g/mol. The Morgan fingerprint density at radius 3 is 2.73 bits per heavy atom. The van der Waals surface area contributed by atoms with E-state index in [9.17, 15) is 4.39 Å². The van der Waals surface area contributed by atoms with Gasteiger partial charge in [-0.15, -0.1) is 11.3 Å². The maximum absolute atomic E-state index is 13.5. The van der Waals surface area contributed by atoms with E-state index in [0.717, 1.165) is 42.4 Å². The van der Waals surface area contributed by atoms with Crippen LogP contribution in [-0.2, 0) is 13.0 Å². The van der Waals surface area contributed by atoms with Crippen LogP contribution in [0.1, 0.15) is 72.9 Å². The fourth-order valence-corrected chi connectivity index (χ4v) is 5.97. The SMILES string of the molecule is C=C(CCC1CCCC1)Nc1c(C)cc2c(c1C)CCCCN2Cc1ccc(F)s1. The first-order valence-corrected chi connectivity index (χ1v) is 12.4. The summed E-state index contributed by atoms with van der Waals surface area (Å²) in [6.07, 6.45) is 11.4. The number of anilines is 2. The second-order valence-electron chi connectivity index (χ2n) is 9.19. The minimum Gasteiger partial charge on any atom is -0.366 e. The zero-order valence-corrected chi connectivity index (χ0v) is 19.3. The van der Waals surface area contributed by atoms with Gasteiger partial charge in [-0.2, -0.15) is 4.39 Å². The Kier molecular flexibility index (Phi) is 6.82. The molecule has 0 bridgehead atoms. The van der Waals surface area contributed by atoms with Crippen molar-refractivity contribution < 1.29 is 4.39 Å². The van der Waals surface area contributed by atoms with E-state index in [0.29, 0.717) is 0 Å². The molecule has 1 aliphatic carbocycles. The second kappa shape index (κ2) is 9.55. The third-order valence-electron chi connectivity index (χ3n) is 6.94. The number of aryl methyl sites for hydroxylation is 1. The normalized spacial score (nSPS) is 17.1. The molecule has 4 rings (SSSR count). The van der Waals surface area contributed by atoms with E-state index in [2.05, 4.69) is 36.7 Å². The van der Waals surface area contributed by atoms with Crippen molar-refractivity contribution in [2.24, 2.45) is 5.92 Å². The van der Waals surface area contributed by atoms with E-state index in [1.54, 1.807) is 6.07 Å². The van der Waals surface area contributed by atoms with Gasteiger partial charge in [-0.25, -0.2) is 0 Å². The standard InChI is InChI=1S/C26H35FN2S/c1-18-16-24-23(10-6-7-15-29(24)17-22-13-14-25(27)30-22)20(3)26(18)28-19(2)11-12-21-8-4-5-9-21/h13-14,16,21,28H,2,4-12,15,17H2,1,3H3. The number of rotatable bonds is 7. The van der Waals surface area contributed by atoms with Crippen molar-refractivity contribution in [3.05, 3.63) is 57.2 Å². The van der Waals surface area contributed by atoms with Crippen molar-refractivity contribution in [2.75, 3.05) is 16.8 Å². The summed E-state index contributed by atoms with van der Waals surface area (Å²) in [7, 11) is 0. The number of nitrogens with zero attached hydrogens (tertiary/aromatic N) is 1. The molecule has 0 amide bonds. The zero-order valence-electron chi connectivity index (χ0n) is 18.5. The topological polar surface area (TPSA) is 15.3 Å². The molecule has 30 heavy (non-hydrogen) atoms. The van der Waals surface area contributed by atoms with Crippen LogP contribution in [0.3, 0.4) is 0 Å². The Bertz CT molecular complexity index is 895. The van der Waals surface area contributed by atoms with Crippen LogP contribution in [0.15, 0.2) is 30.5 Å². The van der Waals surface area contributed by atoms with Crippen molar-refractivity contribution >= 4 is 22.7 Å². The molecule has 1 aromatic heterocycles. The average Bonchev–Trinajstić information content (AvgIpc) is 3.34. The number of nitrogens with one attached hydrogen (secondary N) is 1. The molecule has 1 saturated carbocycles. The third-order valence-corrected chi connectivity index (χ3v) is 7.79. The highest BCUT2D eigenvalue weighted by atomic mass is 32.1. The van der Waals surface area contributed by atoms with E-state index < -0.39 is 0 Å². The molecule has 1 aromatic carbocycles. The third kappa shape index (κ3) is 4.91. The van der Waals surface area contributed by atoms with Gasteiger partial charge in [0.2, 0.25) is 0 Å². The quantitative estimate of drug-likeness (QED) is 0.487. The summed E-state index contributed by atoms with van der Waals surface area (Å²) in [5.74, 6) is 0.897. The van der Waals surface area contributed by atoms with E-state index in [4.69, 9.17) is 0 Å². The smallest absolute Gasteiger partial charge is 0.176 e. The Morgan fingerprint density at radius 2 is 2.00 bits per heavy atom. The van der Waals surface area contributed by atoms with Crippen molar-refractivity contribution in [3.8, 4) is 0 Å². The van der Waals surface area contributed by atoms with E-state index in [-0.39, 0.29) is 5.13 Å². The largest absolute Gasteiger partial charge is 0.366 e. The lowest BCUT2D eigenvalue weighted by molar-refractivity contribution is 0.503. The Hall–Kier alpha value is -1.81. The van der Waals surface area contributed by atoms with Crippen LogP contribution >= 0.6 is 11.3 Å². The number of benzene rings is 1. The van der Waals surface area contributed by atoms with Gasteiger partial charge < -0.3 is 10.2 Å². The van der Waals surface area contributed by atoms with Gasteiger partial charge in [0.25, 0.3) is 0 Å². The minimum absolute atomic E-state index is 0.0944. The van der Waals surface area contributed by atoms with Crippen LogP contribution in [0, 0.1) is 24.9 Å². The van der Waals surface area contributed by atoms with Crippen LogP contribution in [0.4, 0.5) is 15.8 Å². The lowest BCUT2D eigenvalue weighted by Crippen LogP contribution is -2.23. The van der Waals surface area contributed by atoms with Gasteiger partial charge in [-0.3, -0.25) is 0 Å². The van der Waals surface area contributed by atoms with Gasteiger partial charge in [-0.05, 0) is 86.8 Å². The number of fused-ring (bicyclic) bond motifs is 1. The summed E-state index contributed by atoms with van der Waals surface area (Å²) < 4.78 is 13.5. The lowest BCUT2D eigenvalue weighted by atomic mass is 9.96. The average molecular weight is 427 g/mol. The molecular formula is C26H35FN2S. The van der Waals surface area contributed by atoms with Gasteiger partial charge in [0.1, 0.15) is 0 Å². The fraction of sp³-hybridized carbons (Fsp3) is 0.538. The maximum atomic E-state index is 13.5. The molecular weight excluding hydrogens is 391 g/mol. The first-order valence-electron chi connectivity index (χ1n) is 11.6. The summed E-state index contributed by atoms with van der Waals surface area (Å²) in [6.45, 7) is 10.6. The molecule has 1 aliphatic heterocycles. The van der Waals surface area contributed by atoms with E-state index in [1.807, 2.05) is 6.07 Å². The van der Waals surface area contributed by atoms with Crippen molar-refractivity contribution in [1.82, 2.24) is 0 Å². The number of thiophene rings is 1. The number of hydrogen-bond acceptors (Lipinski definition) is 3. The lowest BCUT2D eigenvalue weighted by Gasteiger charge is -2.28. The van der Waals surface area contributed by atoms with Crippen LogP contribution < -0.4 is 10.2 Å². The molecule has 0 radical (unpaired) electrons. The predicted octanol–water partition coefficient (Wildman–Crippen LogP) is 7.74. The van der Waals surface area contributed by atoms with E-state index in [1.165, 1.54) is 84.3 Å². The van der Waals surface area contributed by atoms with Crippen LogP contribution in [-0.4, -0.2) is 6.54 Å². The molecule has 2 nitrogen and oxygen atoms in total. The van der Waals surface area contributed by atoms with Gasteiger partial charge in [0, 0.05) is 28.5 Å². The fourth-order valence-electron chi connectivity index (χ4n) is 5.22. The van der Waals surface area contributed by atoms with Crippen molar-refractivity contribution in [1.29, 1.82) is 0 Å². The Morgan fingerprint density at radius 1 is 1.20 bits per heavy atom. The molecule has 4 heteroatoms. The summed E-state index contributed by atoms with van der Waals surface area (Å²) in [6, 6.07) is 5.85. The van der Waals surface area contributed by atoms with Crippen LogP contribution in [0.25, 0.3) is 0 Å². The highest BCUT2D eigenvalue weighted by Crippen LogP contribution is 2.38. The summed E-state index contributed by atoms with van der Waals surface area (Å²) in [4.78, 5) is 3.55. The Balaban J connectivity index is 1.52. The zero-order chi connectivity index (χ0) is 21.1. The number of allylic oxidation sites excluding steroid dienone is 1. The van der Waals surface area contributed by atoms with Crippen molar-refractivity contribution in [3.63, 3.8) is 0 Å². The van der Waals surface area contributed by atoms with Crippen LogP contribution in [0.2, 0.25) is 0 Å². The van der Waals surface area contributed by atoms with Crippen LogP contribution in [0.5, 0.6) is 0 Å². The first-order chi connectivity index (χ1) is 14.5. The Labute approximate surface area is 185 Å². The van der Waals surface area contributed by atoms with Gasteiger partial charge in [-0.1, -0.05) is 32.3 Å². The molecule has 162 valence electrons. The molecule has 0 saturated heterocycles. The second-order valence-corrected chi connectivity index (χ2v) is 10.3. The van der Waals surface area contributed by atoms with Crippen molar-refractivity contribution in [2.45, 2.75) is 78.2 Å². The maximum Gasteiger partial charge on any atom is 0.176 e. The highest BCUT2D eigenvalue weighted by molar-refractivity contribution is 7.10. The predicted molar refractivity (Wildman–Crippen MR) is 128 cm³/mol. The van der Waals surface area contributed by atoms with E-state index >= 15 is 0 Å². The summed E-state index contributed by atoms with van der Waals surface area (Å²) in [5, 5.41) is 3.59. The summed E-state index contributed by atoms with van der Waals surface area (Å²) >= 11 is 1.27.